The lowest BCUT2D eigenvalue weighted by Crippen LogP contribution is -1.85. The molecule has 2 aromatic heterocycles. The molecule has 0 unspecified atom stereocenters. The van der Waals surface area contributed by atoms with E-state index in [1.54, 1.807) is 6.20 Å². The number of nitrogens with zero attached hydrogens (tertiary/aromatic N) is 2. The predicted octanol–water partition coefficient (Wildman–Crippen LogP) is 3.70. The molecule has 84 valence electrons. The quantitative estimate of drug-likeness (QED) is 0.742. The van der Waals surface area contributed by atoms with Gasteiger partial charge in [-0.25, -0.2) is 9.97 Å². The van der Waals surface area contributed by atoms with Crippen molar-refractivity contribution in [1.29, 1.82) is 0 Å². The summed E-state index contributed by atoms with van der Waals surface area (Å²) in [6, 6.07) is 10.0. The zero-order valence-electron chi connectivity index (χ0n) is 9.24. The molecule has 0 aliphatic carbocycles. The summed E-state index contributed by atoms with van der Waals surface area (Å²) in [5.41, 5.74) is 4.00. The molecule has 3 rings (SSSR count). The van der Waals surface area contributed by atoms with Gasteiger partial charge >= 0.3 is 0 Å². The molecule has 0 spiro atoms. The standard InChI is InChI=1S/C13H10BrN3/c1-8-7-9(14)4-5-10(8)12-16-11-3-2-6-15-13(11)17-12/h2-7H,1H3,(H,15,16,17). The molecular formula is C13H10BrN3. The Bertz CT molecular complexity index is 655. The highest BCUT2D eigenvalue weighted by Gasteiger charge is 2.08. The van der Waals surface area contributed by atoms with Crippen molar-refractivity contribution in [3.63, 3.8) is 0 Å². The van der Waals surface area contributed by atoms with Crippen LogP contribution in [0.2, 0.25) is 0 Å². The lowest BCUT2D eigenvalue weighted by atomic mass is 10.1. The Morgan fingerprint density at radius 2 is 2.12 bits per heavy atom. The summed E-state index contributed by atoms with van der Waals surface area (Å²) in [5, 5.41) is 0. The molecule has 3 nitrogen and oxygen atoms in total. The lowest BCUT2D eigenvalue weighted by Gasteiger charge is -2.02. The summed E-state index contributed by atoms with van der Waals surface area (Å²) < 4.78 is 1.08. The average Bonchev–Trinajstić information content (AvgIpc) is 2.72. The minimum atomic E-state index is 0.754. The molecule has 0 saturated heterocycles. The Hall–Kier alpha value is -1.68. The second kappa shape index (κ2) is 3.96. The van der Waals surface area contributed by atoms with Crippen LogP contribution in [0, 0.1) is 6.92 Å². The van der Waals surface area contributed by atoms with Gasteiger partial charge in [-0.15, -0.1) is 0 Å². The molecule has 0 aliphatic heterocycles. The van der Waals surface area contributed by atoms with Crippen LogP contribution in [0.15, 0.2) is 41.0 Å². The van der Waals surface area contributed by atoms with Gasteiger partial charge in [-0.05, 0) is 42.8 Å². The van der Waals surface area contributed by atoms with E-state index in [4.69, 9.17) is 0 Å². The molecule has 17 heavy (non-hydrogen) atoms. The Kier molecular flexibility index (Phi) is 2.44. The van der Waals surface area contributed by atoms with E-state index in [0.29, 0.717) is 0 Å². The van der Waals surface area contributed by atoms with Crippen molar-refractivity contribution < 1.29 is 0 Å². The largest absolute Gasteiger partial charge is 0.337 e. The summed E-state index contributed by atoms with van der Waals surface area (Å²) in [7, 11) is 0. The van der Waals surface area contributed by atoms with Crippen LogP contribution >= 0.6 is 15.9 Å². The zero-order valence-corrected chi connectivity index (χ0v) is 10.8. The number of nitrogens with one attached hydrogen (secondary N) is 1. The molecule has 0 amide bonds. The summed E-state index contributed by atoms with van der Waals surface area (Å²) in [5.74, 6) is 0.865. The van der Waals surface area contributed by atoms with E-state index < -0.39 is 0 Å². The molecule has 0 atom stereocenters. The van der Waals surface area contributed by atoms with Gasteiger partial charge in [0.15, 0.2) is 5.65 Å². The molecule has 0 radical (unpaired) electrons. The average molecular weight is 288 g/mol. The Morgan fingerprint density at radius 1 is 1.24 bits per heavy atom. The van der Waals surface area contributed by atoms with Crippen molar-refractivity contribution in [1.82, 2.24) is 15.0 Å². The molecule has 2 heterocycles. The van der Waals surface area contributed by atoms with Gasteiger partial charge in [0, 0.05) is 16.2 Å². The van der Waals surface area contributed by atoms with Crippen LogP contribution in [0.25, 0.3) is 22.6 Å². The second-order valence-corrected chi connectivity index (χ2v) is 4.83. The number of fused-ring (bicyclic) bond motifs is 1. The highest BCUT2D eigenvalue weighted by molar-refractivity contribution is 9.10. The number of rotatable bonds is 1. The normalized spacial score (nSPS) is 10.9. The highest BCUT2D eigenvalue weighted by Crippen LogP contribution is 2.25. The first kappa shape index (κ1) is 10.5. The zero-order chi connectivity index (χ0) is 11.8. The fraction of sp³-hybridized carbons (Fsp3) is 0.0769. The molecule has 0 saturated carbocycles. The Morgan fingerprint density at radius 3 is 2.88 bits per heavy atom. The number of aromatic amines is 1. The molecule has 3 aromatic rings. The number of pyridine rings is 1. The first-order valence-electron chi connectivity index (χ1n) is 5.31. The van der Waals surface area contributed by atoms with Gasteiger partial charge in [0.05, 0.1) is 5.52 Å². The van der Waals surface area contributed by atoms with Crippen LogP contribution in [0.3, 0.4) is 0 Å². The van der Waals surface area contributed by atoms with Gasteiger partial charge in [-0.1, -0.05) is 15.9 Å². The van der Waals surface area contributed by atoms with E-state index in [1.165, 1.54) is 5.56 Å². The number of H-pyrrole nitrogens is 1. The maximum absolute atomic E-state index is 4.49. The number of imidazole rings is 1. The maximum Gasteiger partial charge on any atom is 0.178 e. The second-order valence-electron chi connectivity index (χ2n) is 3.92. The van der Waals surface area contributed by atoms with Crippen LogP contribution in [-0.4, -0.2) is 15.0 Å². The maximum atomic E-state index is 4.49. The summed E-state index contributed by atoms with van der Waals surface area (Å²) >= 11 is 3.46. The molecule has 0 aliphatic rings. The van der Waals surface area contributed by atoms with E-state index in [9.17, 15) is 0 Å². The minimum Gasteiger partial charge on any atom is -0.337 e. The molecule has 1 N–H and O–H groups in total. The van der Waals surface area contributed by atoms with Crippen molar-refractivity contribution >= 4 is 27.1 Å². The monoisotopic (exact) mass is 287 g/mol. The third-order valence-electron chi connectivity index (χ3n) is 2.70. The van der Waals surface area contributed by atoms with Crippen molar-refractivity contribution in [3.8, 4) is 11.4 Å². The number of halogens is 1. The number of aromatic nitrogens is 3. The fourth-order valence-electron chi connectivity index (χ4n) is 1.87. The molecule has 0 fully saturated rings. The summed E-state index contributed by atoms with van der Waals surface area (Å²) in [4.78, 5) is 12.0. The third-order valence-corrected chi connectivity index (χ3v) is 3.19. The molecule has 0 bridgehead atoms. The van der Waals surface area contributed by atoms with Crippen molar-refractivity contribution in [2.24, 2.45) is 0 Å². The van der Waals surface area contributed by atoms with Gasteiger partial charge in [0.25, 0.3) is 0 Å². The first-order valence-corrected chi connectivity index (χ1v) is 6.10. The van der Waals surface area contributed by atoms with Gasteiger partial charge in [0.2, 0.25) is 0 Å². The topological polar surface area (TPSA) is 41.6 Å². The van der Waals surface area contributed by atoms with Crippen molar-refractivity contribution in [2.45, 2.75) is 6.92 Å². The SMILES string of the molecule is Cc1cc(Br)ccc1-c1nc2ncccc2[nH]1. The van der Waals surface area contributed by atoms with E-state index in [2.05, 4.69) is 49.9 Å². The van der Waals surface area contributed by atoms with Crippen molar-refractivity contribution in [2.75, 3.05) is 0 Å². The van der Waals surface area contributed by atoms with E-state index in [0.717, 1.165) is 27.0 Å². The van der Waals surface area contributed by atoms with Gasteiger partial charge < -0.3 is 4.98 Å². The lowest BCUT2D eigenvalue weighted by molar-refractivity contribution is 1.28. The Labute approximate surface area is 107 Å². The van der Waals surface area contributed by atoms with Crippen LogP contribution in [0.4, 0.5) is 0 Å². The molecule has 4 heteroatoms. The molecule has 1 aromatic carbocycles. The third kappa shape index (κ3) is 1.85. The predicted molar refractivity (Wildman–Crippen MR) is 71.8 cm³/mol. The van der Waals surface area contributed by atoms with Gasteiger partial charge in [-0.3, -0.25) is 0 Å². The smallest absolute Gasteiger partial charge is 0.178 e. The summed E-state index contributed by atoms with van der Waals surface area (Å²) in [6.45, 7) is 2.07. The minimum absolute atomic E-state index is 0.754. The summed E-state index contributed by atoms with van der Waals surface area (Å²) in [6.07, 6.45) is 1.75. The van der Waals surface area contributed by atoms with E-state index in [-0.39, 0.29) is 0 Å². The van der Waals surface area contributed by atoms with Crippen LogP contribution in [0.5, 0.6) is 0 Å². The van der Waals surface area contributed by atoms with E-state index in [1.807, 2.05) is 18.2 Å². The van der Waals surface area contributed by atoms with E-state index >= 15 is 0 Å². The molecular weight excluding hydrogens is 278 g/mol. The van der Waals surface area contributed by atoms with Gasteiger partial charge in [-0.2, -0.15) is 0 Å². The van der Waals surface area contributed by atoms with Gasteiger partial charge in [0.1, 0.15) is 5.82 Å². The number of hydrogen-bond donors (Lipinski definition) is 1. The van der Waals surface area contributed by atoms with Crippen molar-refractivity contribution in [3.05, 3.63) is 46.6 Å². The first-order chi connectivity index (χ1) is 8.24. The number of hydrogen-bond acceptors (Lipinski definition) is 2. The Balaban J connectivity index is 2.20. The highest BCUT2D eigenvalue weighted by atomic mass is 79.9. The van der Waals surface area contributed by atoms with Crippen LogP contribution < -0.4 is 0 Å². The number of aryl methyl sites for hydroxylation is 1. The van der Waals surface area contributed by atoms with Crippen LogP contribution in [0.1, 0.15) is 5.56 Å². The van der Waals surface area contributed by atoms with Crippen LogP contribution in [-0.2, 0) is 0 Å². The fourth-order valence-corrected chi connectivity index (χ4v) is 2.34. The number of benzene rings is 1.